The van der Waals surface area contributed by atoms with Crippen molar-refractivity contribution in [1.82, 2.24) is 0 Å². The molecule has 0 N–H and O–H groups in total. The Bertz CT molecular complexity index is 37.1. The van der Waals surface area contributed by atoms with Crippen LogP contribution in [0, 0.1) is 0 Å². The molecule has 7 heavy (non-hydrogen) atoms. The SMILES string of the molecule is CCCC[C-]=O.[Cr]. The van der Waals surface area contributed by atoms with Crippen LogP contribution in [-0.4, -0.2) is 6.29 Å². The second-order valence-electron chi connectivity index (χ2n) is 1.25. The van der Waals surface area contributed by atoms with Crippen molar-refractivity contribution in [1.29, 1.82) is 0 Å². The molecule has 0 unspecified atom stereocenters. The van der Waals surface area contributed by atoms with Crippen molar-refractivity contribution < 1.29 is 22.2 Å². The van der Waals surface area contributed by atoms with Crippen LogP contribution in [0.15, 0.2) is 0 Å². The molecular formula is C5H9CrO-. The molecule has 0 aromatic heterocycles. The topological polar surface area (TPSA) is 17.1 Å². The molecule has 0 radical (unpaired) electrons. The van der Waals surface area contributed by atoms with Gasteiger partial charge in [0.15, 0.2) is 0 Å². The summed E-state index contributed by atoms with van der Waals surface area (Å²) in [6, 6.07) is 0. The molecule has 0 aliphatic rings. The third-order valence-electron chi connectivity index (χ3n) is 0.632. The van der Waals surface area contributed by atoms with Crippen molar-refractivity contribution in [3.8, 4) is 0 Å². The minimum atomic E-state index is 0. The van der Waals surface area contributed by atoms with E-state index in [1.54, 1.807) is 0 Å². The molecule has 2 heteroatoms. The van der Waals surface area contributed by atoms with Gasteiger partial charge in [-0.15, -0.1) is 0 Å². The first-order chi connectivity index (χ1) is 2.91. The Morgan fingerprint density at radius 2 is 2.14 bits per heavy atom. The molecule has 0 atom stereocenters. The van der Waals surface area contributed by atoms with Crippen LogP contribution in [0.5, 0.6) is 0 Å². The van der Waals surface area contributed by atoms with Crippen LogP contribution in [0.1, 0.15) is 26.2 Å². The summed E-state index contributed by atoms with van der Waals surface area (Å²) in [7, 11) is 0. The van der Waals surface area contributed by atoms with Crippen LogP contribution >= 0.6 is 0 Å². The van der Waals surface area contributed by atoms with Crippen molar-refractivity contribution in [2.45, 2.75) is 26.2 Å². The first kappa shape index (κ1) is 10.2. The van der Waals surface area contributed by atoms with Crippen molar-refractivity contribution >= 4 is 6.29 Å². The zero-order valence-electron chi connectivity index (χ0n) is 4.44. The smallest absolute Gasteiger partial charge is 0 e. The Morgan fingerprint density at radius 1 is 1.57 bits per heavy atom. The number of rotatable bonds is 3. The van der Waals surface area contributed by atoms with Gasteiger partial charge in [-0.1, -0.05) is 19.8 Å². The van der Waals surface area contributed by atoms with Gasteiger partial charge in [-0.2, -0.15) is 6.42 Å². The monoisotopic (exact) mass is 137 g/mol. The van der Waals surface area contributed by atoms with Crippen LogP contribution in [0.2, 0.25) is 0 Å². The second-order valence-corrected chi connectivity index (χ2v) is 1.25. The predicted octanol–water partition coefficient (Wildman–Crippen LogP) is 1.28. The van der Waals surface area contributed by atoms with E-state index in [1.807, 2.05) is 6.29 Å². The van der Waals surface area contributed by atoms with Gasteiger partial charge >= 0.3 is 0 Å². The van der Waals surface area contributed by atoms with Crippen molar-refractivity contribution in [2.75, 3.05) is 0 Å². The molecule has 0 saturated carbocycles. The molecule has 0 aliphatic carbocycles. The summed E-state index contributed by atoms with van der Waals surface area (Å²) in [5.41, 5.74) is 0. The molecule has 0 heterocycles. The number of hydrogen-bond donors (Lipinski definition) is 0. The number of unbranched alkanes of at least 4 members (excludes halogenated alkanes) is 2. The molecule has 0 rings (SSSR count). The maximum absolute atomic E-state index is 9.44. The molecule has 1 nitrogen and oxygen atoms in total. The number of hydrogen-bond acceptors (Lipinski definition) is 1. The Balaban J connectivity index is 0. The minimum absolute atomic E-state index is 0. The van der Waals surface area contributed by atoms with Gasteiger partial charge < -0.3 is 4.79 Å². The van der Waals surface area contributed by atoms with Crippen LogP contribution in [0.3, 0.4) is 0 Å². The molecule has 0 fully saturated rings. The predicted molar refractivity (Wildman–Crippen MR) is 25.2 cm³/mol. The van der Waals surface area contributed by atoms with E-state index in [0.29, 0.717) is 6.42 Å². The van der Waals surface area contributed by atoms with Crippen LogP contribution in [-0.2, 0) is 22.2 Å². The van der Waals surface area contributed by atoms with E-state index in [2.05, 4.69) is 6.92 Å². The van der Waals surface area contributed by atoms with Crippen LogP contribution in [0.25, 0.3) is 0 Å². The third-order valence-corrected chi connectivity index (χ3v) is 0.632. The Hall–Kier alpha value is 0.202. The summed E-state index contributed by atoms with van der Waals surface area (Å²) in [6.45, 7) is 2.05. The average molecular weight is 137 g/mol. The van der Waals surface area contributed by atoms with Gasteiger partial charge in [-0.05, 0) is 0 Å². The van der Waals surface area contributed by atoms with E-state index in [4.69, 9.17) is 0 Å². The quantitative estimate of drug-likeness (QED) is 0.423. The molecular weight excluding hydrogens is 128 g/mol. The van der Waals surface area contributed by atoms with E-state index in [-0.39, 0.29) is 17.4 Å². The molecule has 0 spiro atoms. The standard InChI is InChI=1S/C5H9O.Cr/c1-2-3-4-5-6;/h2-4H2,1H3;/q-1;. The van der Waals surface area contributed by atoms with E-state index >= 15 is 0 Å². The number of carbonyl (C=O) groups excluding carboxylic acids is 1. The maximum Gasteiger partial charge on any atom is 0 e. The second kappa shape index (κ2) is 9.51. The van der Waals surface area contributed by atoms with Crippen LogP contribution in [0.4, 0.5) is 0 Å². The Labute approximate surface area is 55.2 Å². The molecule has 0 amide bonds. The molecule has 0 aliphatic heterocycles. The van der Waals surface area contributed by atoms with E-state index < -0.39 is 0 Å². The third kappa shape index (κ3) is 10.7. The van der Waals surface area contributed by atoms with Crippen LogP contribution < -0.4 is 0 Å². The Kier molecular flexibility index (Phi) is 13.9. The van der Waals surface area contributed by atoms with E-state index in [1.165, 1.54) is 0 Å². The molecule has 0 aromatic carbocycles. The van der Waals surface area contributed by atoms with Crippen molar-refractivity contribution in [3.63, 3.8) is 0 Å². The molecule has 42 valence electrons. The zero-order chi connectivity index (χ0) is 4.83. The van der Waals surface area contributed by atoms with E-state index in [9.17, 15) is 4.79 Å². The van der Waals surface area contributed by atoms with Gasteiger partial charge in [0.2, 0.25) is 0 Å². The zero-order valence-corrected chi connectivity index (χ0v) is 5.71. The molecule has 0 aromatic rings. The maximum atomic E-state index is 9.44. The van der Waals surface area contributed by atoms with Gasteiger partial charge in [0.1, 0.15) is 0 Å². The fraction of sp³-hybridized carbons (Fsp3) is 0.800. The summed E-state index contributed by atoms with van der Waals surface area (Å²) < 4.78 is 0. The normalized spacial score (nSPS) is 7.00. The average Bonchev–Trinajstić information content (AvgIpc) is 1.61. The van der Waals surface area contributed by atoms with Gasteiger partial charge in [-0.25, -0.2) is 0 Å². The minimum Gasteiger partial charge on any atom is -0.542 e. The fourth-order valence-corrected chi connectivity index (χ4v) is 0.249. The van der Waals surface area contributed by atoms with Gasteiger partial charge in [0.05, 0.1) is 0 Å². The summed E-state index contributed by atoms with van der Waals surface area (Å²) in [5.74, 6) is 0. The van der Waals surface area contributed by atoms with Gasteiger partial charge in [-0.3, -0.25) is 6.29 Å². The van der Waals surface area contributed by atoms with Gasteiger partial charge in [0, 0.05) is 17.4 Å². The molecule has 0 bridgehead atoms. The first-order valence-electron chi connectivity index (χ1n) is 2.26. The van der Waals surface area contributed by atoms with Gasteiger partial charge in [0.25, 0.3) is 0 Å². The summed E-state index contributed by atoms with van der Waals surface area (Å²) in [4.78, 5) is 9.44. The summed E-state index contributed by atoms with van der Waals surface area (Å²) in [6.07, 6.45) is 4.51. The summed E-state index contributed by atoms with van der Waals surface area (Å²) in [5, 5.41) is 0. The van der Waals surface area contributed by atoms with Crippen molar-refractivity contribution in [3.05, 3.63) is 0 Å². The Morgan fingerprint density at radius 3 is 2.29 bits per heavy atom. The first-order valence-corrected chi connectivity index (χ1v) is 2.26. The summed E-state index contributed by atoms with van der Waals surface area (Å²) >= 11 is 0. The largest absolute Gasteiger partial charge is 0.542 e. The van der Waals surface area contributed by atoms with Crippen molar-refractivity contribution in [2.24, 2.45) is 0 Å². The van der Waals surface area contributed by atoms with E-state index in [0.717, 1.165) is 12.8 Å². The fourth-order valence-electron chi connectivity index (χ4n) is 0.249. The molecule has 0 saturated heterocycles.